The normalized spacial score (nSPS) is 10.5. The Morgan fingerprint density at radius 2 is 1.73 bits per heavy atom. The Labute approximate surface area is 150 Å². The van der Waals surface area contributed by atoms with Crippen molar-refractivity contribution in [2.75, 3.05) is 18.5 Å². The molecule has 0 aliphatic heterocycles. The molecule has 134 valence electrons. The Morgan fingerprint density at radius 1 is 1.00 bits per heavy atom. The first kappa shape index (κ1) is 17.5. The van der Waals surface area contributed by atoms with E-state index in [9.17, 15) is 9.59 Å². The van der Waals surface area contributed by atoms with Gasteiger partial charge in [-0.3, -0.25) is 9.59 Å². The fourth-order valence-electron chi connectivity index (χ4n) is 2.54. The number of benzene rings is 2. The Bertz CT molecular complexity index is 993. The van der Waals surface area contributed by atoms with Crippen LogP contribution in [0.2, 0.25) is 0 Å². The Kier molecular flexibility index (Phi) is 5.22. The summed E-state index contributed by atoms with van der Waals surface area (Å²) in [6.07, 6.45) is 0. The van der Waals surface area contributed by atoms with Crippen LogP contribution in [0.3, 0.4) is 0 Å². The van der Waals surface area contributed by atoms with Crippen molar-refractivity contribution in [3.8, 4) is 11.5 Å². The van der Waals surface area contributed by atoms with E-state index in [0.717, 1.165) is 0 Å². The van der Waals surface area contributed by atoms with Gasteiger partial charge in [-0.15, -0.1) is 0 Å². The third-order valence-corrected chi connectivity index (χ3v) is 3.66. The molecule has 0 aliphatic rings. The quantitative estimate of drug-likeness (QED) is 0.728. The molecule has 1 heterocycles. The van der Waals surface area contributed by atoms with Crippen molar-refractivity contribution in [3.63, 3.8) is 0 Å². The lowest BCUT2D eigenvalue weighted by Crippen LogP contribution is -2.15. The van der Waals surface area contributed by atoms with Gasteiger partial charge in [0, 0.05) is 17.8 Å². The number of carbonyl (C=O) groups is 1. The van der Waals surface area contributed by atoms with Gasteiger partial charge in [0.1, 0.15) is 5.58 Å². The summed E-state index contributed by atoms with van der Waals surface area (Å²) in [6, 6.07) is 13.1. The summed E-state index contributed by atoms with van der Waals surface area (Å²) in [5, 5.41) is 3.15. The molecule has 0 unspecified atom stereocenters. The second-order valence-corrected chi connectivity index (χ2v) is 5.45. The van der Waals surface area contributed by atoms with Gasteiger partial charge in [0.25, 0.3) is 5.91 Å². The van der Waals surface area contributed by atoms with E-state index in [0.29, 0.717) is 41.4 Å². The van der Waals surface area contributed by atoms with Crippen molar-refractivity contribution in [2.45, 2.75) is 13.8 Å². The summed E-state index contributed by atoms with van der Waals surface area (Å²) in [7, 11) is 0. The van der Waals surface area contributed by atoms with Gasteiger partial charge in [-0.2, -0.15) is 0 Å². The molecule has 0 radical (unpaired) electrons. The maximum atomic E-state index is 12.5. The molecule has 0 aliphatic carbocycles. The number of nitrogens with one attached hydrogen (secondary N) is 1. The molecule has 3 rings (SSSR count). The third kappa shape index (κ3) is 3.69. The maximum Gasteiger partial charge on any atom is 0.291 e. The van der Waals surface area contributed by atoms with Crippen LogP contribution in [0, 0.1) is 0 Å². The Hall–Kier alpha value is -3.28. The lowest BCUT2D eigenvalue weighted by atomic mass is 10.2. The SMILES string of the molecule is CCOc1ccc(NC(=O)c2cc(=O)c3ccccc3o2)cc1OCC. The fraction of sp³-hybridized carbons (Fsp3) is 0.200. The highest BCUT2D eigenvalue weighted by atomic mass is 16.5. The highest BCUT2D eigenvalue weighted by molar-refractivity contribution is 6.03. The van der Waals surface area contributed by atoms with E-state index in [-0.39, 0.29) is 11.2 Å². The number of amides is 1. The van der Waals surface area contributed by atoms with Crippen LogP contribution in [0.15, 0.2) is 57.7 Å². The molecule has 1 N–H and O–H groups in total. The first-order chi connectivity index (χ1) is 12.6. The van der Waals surface area contributed by atoms with Gasteiger partial charge in [-0.05, 0) is 38.1 Å². The zero-order chi connectivity index (χ0) is 18.5. The van der Waals surface area contributed by atoms with Crippen LogP contribution in [-0.4, -0.2) is 19.1 Å². The fourth-order valence-corrected chi connectivity index (χ4v) is 2.54. The molecular weight excluding hydrogens is 334 g/mol. The predicted octanol–water partition coefficient (Wildman–Crippen LogP) is 3.84. The molecule has 6 nitrogen and oxygen atoms in total. The van der Waals surface area contributed by atoms with Gasteiger partial charge >= 0.3 is 0 Å². The van der Waals surface area contributed by atoms with E-state index in [2.05, 4.69) is 5.32 Å². The van der Waals surface area contributed by atoms with E-state index < -0.39 is 5.91 Å². The van der Waals surface area contributed by atoms with Crippen LogP contribution in [0.4, 0.5) is 5.69 Å². The number of carbonyl (C=O) groups excluding carboxylic acids is 1. The highest BCUT2D eigenvalue weighted by Gasteiger charge is 2.14. The van der Waals surface area contributed by atoms with Crippen LogP contribution in [0.25, 0.3) is 11.0 Å². The van der Waals surface area contributed by atoms with Crippen LogP contribution in [-0.2, 0) is 0 Å². The van der Waals surface area contributed by atoms with E-state index in [1.54, 1.807) is 42.5 Å². The molecule has 1 amide bonds. The Morgan fingerprint density at radius 3 is 2.50 bits per heavy atom. The molecule has 6 heteroatoms. The van der Waals surface area contributed by atoms with Gasteiger partial charge in [0.2, 0.25) is 0 Å². The van der Waals surface area contributed by atoms with Gasteiger partial charge in [0.05, 0.1) is 18.6 Å². The summed E-state index contributed by atoms with van der Waals surface area (Å²) in [4.78, 5) is 24.6. The van der Waals surface area contributed by atoms with Gasteiger partial charge in [0.15, 0.2) is 22.7 Å². The average molecular weight is 353 g/mol. The summed E-state index contributed by atoms with van der Waals surface area (Å²) >= 11 is 0. The minimum absolute atomic E-state index is 0.0551. The number of ether oxygens (including phenoxy) is 2. The summed E-state index contributed by atoms with van der Waals surface area (Å²) in [6.45, 7) is 4.73. The summed E-state index contributed by atoms with van der Waals surface area (Å²) in [5.41, 5.74) is 0.614. The standard InChI is InChI=1S/C20H19NO5/c1-3-24-17-10-9-13(11-18(17)25-4-2)21-20(23)19-12-15(22)14-7-5-6-8-16(14)26-19/h5-12H,3-4H2,1-2H3,(H,21,23). The number of para-hydroxylation sites is 1. The van der Waals surface area contributed by atoms with Crippen LogP contribution in [0.1, 0.15) is 24.4 Å². The van der Waals surface area contributed by atoms with Crippen molar-refractivity contribution in [1.82, 2.24) is 0 Å². The zero-order valence-electron chi connectivity index (χ0n) is 14.6. The molecule has 0 bridgehead atoms. The average Bonchev–Trinajstić information content (AvgIpc) is 2.64. The number of anilines is 1. The van der Waals surface area contributed by atoms with Gasteiger partial charge in [-0.25, -0.2) is 0 Å². The highest BCUT2D eigenvalue weighted by Crippen LogP contribution is 2.30. The Balaban J connectivity index is 1.88. The lowest BCUT2D eigenvalue weighted by Gasteiger charge is -2.13. The molecule has 0 spiro atoms. The number of fused-ring (bicyclic) bond motifs is 1. The maximum absolute atomic E-state index is 12.5. The van der Waals surface area contributed by atoms with E-state index in [1.165, 1.54) is 6.07 Å². The van der Waals surface area contributed by atoms with Crippen LogP contribution < -0.4 is 20.2 Å². The van der Waals surface area contributed by atoms with Crippen molar-refractivity contribution in [2.24, 2.45) is 0 Å². The van der Waals surface area contributed by atoms with Crippen LogP contribution >= 0.6 is 0 Å². The zero-order valence-corrected chi connectivity index (χ0v) is 14.6. The second kappa shape index (κ2) is 7.74. The third-order valence-electron chi connectivity index (χ3n) is 3.66. The minimum Gasteiger partial charge on any atom is -0.490 e. The molecule has 26 heavy (non-hydrogen) atoms. The first-order valence-electron chi connectivity index (χ1n) is 8.36. The number of hydrogen-bond donors (Lipinski definition) is 1. The van der Waals surface area contributed by atoms with Crippen molar-refractivity contribution >= 4 is 22.6 Å². The van der Waals surface area contributed by atoms with Crippen molar-refractivity contribution < 1.29 is 18.7 Å². The first-order valence-corrected chi connectivity index (χ1v) is 8.36. The predicted molar refractivity (Wildman–Crippen MR) is 99.2 cm³/mol. The number of hydrogen-bond acceptors (Lipinski definition) is 5. The van der Waals surface area contributed by atoms with Gasteiger partial charge < -0.3 is 19.2 Å². The minimum atomic E-state index is -0.514. The molecule has 0 saturated carbocycles. The van der Waals surface area contributed by atoms with Gasteiger partial charge in [-0.1, -0.05) is 12.1 Å². The summed E-state index contributed by atoms with van der Waals surface area (Å²) in [5.74, 6) is 0.566. The topological polar surface area (TPSA) is 77.8 Å². The molecule has 0 atom stereocenters. The number of rotatable bonds is 6. The molecular formula is C20H19NO5. The van der Waals surface area contributed by atoms with E-state index in [1.807, 2.05) is 13.8 Å². The molecule has 0 fully saturated rings. The lowest BCUT2D eigenvalue weighted by molar-refractivity contribution is 0.0997. The van der Waals surface area contributed by atoms with Crippen molar-refractivity contribution in [3.05, 3.63) is 64.5 Å². The monoisotopic (exact) mass is 353 g/mol. The molecule has 2 aromatic carbocycles. The van der Waals surface area contributed by atoms with E-state index >= 15 is 0 Å². The van der Waals surface area contributed by atoms with Crippen LogP contribution in [0.5, 0.6) is 11.5 Å². The van der Waals surface area contributed by atoms with E-state index in [4.69, 9.17) is 13.9 Å². The molecule has 0 saturated heterocycles. The second-order valence-electron chi connectivity index (χ2n) is 5.45. The largest absolute Gasteiger partial charge is 0.490 e. The smallest absolute Gasteiger partial charge is 0.291 e. The molecule has 3 aromatic rings. The van der Waals surface area contributed by atoms with Crippen molar-refractivity contribution in [1.29, 1.82) is 0 Å². The molecule has 1 aromatic heterocycles. The summed E-state index contributed by atoms with van der Waals surface area (Å²) < 4.78 is 16.6.